The van der Waals surface area contributed by atoms with Gasteiger partial charge in [0.1, 0.15) is 0 Å². The first-order valence-electron chi connectivity index (χ1n) is 6.66. The van der Waals surface area contributed by atoms with Crippen LogP contribution in [0.15, 0.2) is 61.2 Å². The van der Waals surface area contributed by atoms with Gasteiger partial charge in [-0.2, -0.15) is 0 Å². The van der Waals surface area contributed by atoms with Gasteiger partial charge in [-0.25, -0.2) is 0 Å². The number of carbonyl (C=O) groups excluding carboxylic acids is 1. The van der Waals surface area contributed by atoms with E-state index in [0.717, 1.165) is 16.3 Å². The van der Waals surface area contributed by atoms with Gasteiger partial charge in [-0.15, -0.1) is 6.58 Å². The zero-order chi connectivity index (χ0) is 15.1. The Morgan fingerprint density at radius 2 is 1.95 bits per heavy atom. The van der Waals surface area contributed by atoms with Crippen LogP contribution in [0.5, 0.6) is 0 Å². The molecule has 1 amide bonds. The maximum absolute atomic E-state index is 11.7. The summed E-state index contributed by atoms with van der Waals surface area (Å²) < 4.78 is 0. The molecule has 2 rings (SSSR count). The van der Waals surface area contributed by atoms with Gasteiger partial charge in [0.05, 0.1) is 0 Å². The average molecular weight is 301 g/mol. The minimum absolute atomic E-state index is 0.101. The van der Waals surface area contributed by atoms with Crippen LogP contribution in [-0.2, 0) is 6.54 Å². The highest BCUT2D eigenvalue weighted by Gasteiger charge is 2.03. The van der Waals surface area contributed by atoms with Gasteiger partial charge in [0, 0.05) is 29.4 Å². The number of amides is 1. The molecule has 0 fully saturated rings. The van der Waals surface area contributed by atoms with Crippen molar-refractivity contribution in [3.8, 4) is 0 Å². The van der Waals surface area contributed by atoms with E-state index in [1.165, 1.54) is 0 Å². The molecule has 3 nitrogen and oxygen atoms in total. The van der Waals surface area contributed by atoms with Gasteiger partial charge in [-0.1, -0.05) is 29.8 Å². The third-order valence-electron chi connectivity index (χ3n) is 2.94. The second kappa shape index (κ2) is 7.50. The minimum Gasteiger partial charge on any atom is -0.381 e. The molecule has 0 unspecified atom stereocenters. The smallest absolute Gasteiger partial charge is 0.251 e. The molecule has 0 aliphatic rings. The van der Waals surface area contributed by atoms with Crippen LogP contribution < -0.4 is 10.6 Å². The fourth-order valence-electron chi connectivity index (χ4n) is 1.86. The lowest BCUT2D eigenvalue weighted by atomic mass is 10.2. The molecule has 0 atom stereocenters. The van der Waals surface area contributed by atoms with Gasteiger partial charge >= 0.3 is 0 Å². The molecule has 0 saturated heterocycles. The van der Waals surface area contributed by atoms with Crippen molar-refractivity contribution in [3.05, 3.63) is 77.3 Å². The number of halogens is 1. The van der Waals surface area contributed by atoms with Crippen LogP contribution in [0.2, 0.25) is 5.02 Å². The number of anilines is 1. The summed E-state index contributed by atoms with van der Waals surface area (Å²) in [6.07, 6.45) is 1.65. The molecule has 2 aromatic rings. The summed E-state index contributed by atoms with van der Waals surface area (Å²) in [5.41, 5.74) is 2.69. The van der Waals surface area contributed by atoms with E-state index < -0.39 is 0 Å². The van der Waals surface area contributed by atoms with Crippen LogP contribution >= 0.6 is 11.6 Å². The van der Waals surface area contributed by atoms with Crippen molar-refractivity contribution < 1.29 is 4.79 Å². The number of nitrogens with one attached hydrogen (secondary N) is 2. The first-order chi connectivity index (χ1) is 10.2. The van der Waals surface area contributed by atoms with Crippen LogP contribution in [0.1, 0.15) is 15.9 Å². The monoisotopic (exact) mass is 300 g/mol. The van der Waals surface area contributed by atoms with Crippen molar-refractivity contribution in [2.75, 3.05) is 11.9 Å². The van der Waals surface area contributed by atoms with Crippen molar-refractivity contribution in [2.24, 2.45) is 0 Å². The SMILES string of the molecule is C=CCNC(=O)c1ccc(NCc2cccc(Cl)c2)cc1. The first-order valence-corrected chi connectivity index (χ1v) is 7.04. The molecule has 0 heterocycles. The zero-order valence-corrected chi connectivity index (χ0v) is 12.4. The highest BCUT2D eigenvalue weighted by atomic mass is 35.5. The molecule has 0 saturated carbocycles. The predicted octanol–water partition coefficient (Wildman–Crippen LogP) is 3.87. The van der Waals surface area contributed by atoms with E-state index in [0.29, 0.717) is 18.7 Å². The van der Waals surface area contributed by atoms with E-state index in [-0.39, 0.29) is 5.91 Å². The maximum Gasteiger partial charge on any atom is 0.251 e. The van der Waals surface area contributed by atoms with Crippen molar-refractivity contribution in [2.45, 2.75) is 6.54 Å². The lowest BCUT2D eigenvalue weighted by molar-refractivity contribution is 0.0958. The summed E-state index contributed by atoms with van der Waals surface area (Å²) in [4.78, 5) is 11.7. The molecular weight excluding hydrogens is 284 g/mol. The quantitative estimate of drug-likeness (QED) is 0.795. The van der Waals surface area contributed by atoms with E-state index in [1.54, 1.807) is 18.2 Å². The van der Waals surface area contributed by atoms with Gasteiger partial charge < -0.3 is 10.6 Å². The van der Waals surface area contributed by atoms with Gasteiger partial charge in [0.15, 0.2) is 0 Å². The van der Waals surface area contributed by atoms with Crippen LogP contribution in [-0.4, -0.2) is 12.5 Å². The van der Waals surface area contributed by atoms with E-state index in [4.69, 9.17) is 11.6 Å². The molecule has 21 heavy (non-hydrogen) atoms. The fraction of sp³-hybridized carbons (Fsp3) is 0.118. The van der Waals surface area contributed by atoms with Gasteiger partial charge in [-0.05, 0) is 42.0 Å². The summed E-state index contributed by atoms with van der Waals surface area (Å²) in [6.45, 7) is 4.71. The minimum atomic E-state index is -0.101. The lowest BCUT2D eigenvalue weighted by Gasteiger charge is -2.08. The Balaban J connectivity index is 1.93. The number of carbonyl (C=O) groups is 1. The molecule has 0 bridgehead atoms. The number of rotatable bonds is 6. The van der Waals surface area contributed by atoms with Crippen LogP contribution in [0.4, 0.5) is 5.69 Å². The van der Waals surface area contributed by atoms with Crippen molar-refractivity contribution in [1.82, 2.24) is 5.32 Å². The second-order valence-electron chi connectivity index (χ2n) is 4.56. The second-order valence-corrected chi connectivity index (χ2v) is 5.00. The molecule has 0 aromatic heterocycles. The van der Waals surface area contributed by atoms with E-state index >= 15 is 0 Å². The Bertz CT molecular complexity index is 623. The number of hydrogen-bond donors (Lipinski definition) is 2. The Morgan fingerprint density at radius 1 is 1.19 bits per heavy atom. The van der Waals surface area contributed by atoms with Crippen LogP contribution in [0, 0.1) is 0 Å². The Hall–Kier alpha value is -2.26. The Morgan fingerprint density at radius 3 is 2.62 bits per heavy atom. The third-order valence-corrected chi connectivity index (χ3v) is 3.17. The summed E-state index contributed by atoms with van der Waals surface area (Å²) in [6, 6.07) is 15.0. The highest BCUT2D eigenvalue weighted by molar-refractivity contribution is 6.30. The molecule has 0 aliphatic heterocycles. The van der Waals surface area contributed by atoms with E-state index in [2.05, 4.69) is 17.2 Å². The van der Waals surface area contributed by atoms with Gasteiger partial charge in [0.25, 0.3) is 5.91 Å². The predicted molar refractivity (Wildman–Crippen MR) is 87.8 cm³/mol. The highest BCUT2D eigenvalue weighted by Crippen LogP contribution is 2.14. The molecule has 2 aromatic carbocycles. The normalized spacial score (nSPS) is 9.95. The largest absolute Gasteiger partial charge is 0.381 e. The topological polar surface area (TPSA) is 41.1 Å². The van der Waals surface area contributed by atoms with E-state index in [1.807, 2.05) is 36.4 Å². The molecule has 108 valence electrons. The standard InChI is InChI=1S/C17H17ClN2O/c1-2-10-19-17(21)14-6-8-16(9-7-14)20-12-13-4-3-5-15(18)11-13/h2-9,11,20H,1,10,12H2,(H,19,21). The fourth-order valence-corrected chi connectivity index (χ4v) is 2.07. The van der Waals surface area contributed by atoms with Gasteiger partial charge in [-0.3, -0.25) is 4.79 Å². The van der Waals surface area contributed by atoms with Crippen molar-refractivity contribution in [1.29, 1.82) is 0 Å². The molecule has 0 aliphatic carbocycles. The summed E-state index contributed by atoms with van der Waals surface area (Å²) >= 11 is 5.94. The van der Waals surface area contributed by atoms with Crippen molar-refractivity contribution >= 4 is 23.2 Å². The average Bonchev–Trinajstić information content (AvgIpc) is 2.51. The molecule has 0 radical (unpaired) electrons. The Labute approximate surface area is 129 Å². The number of benzene rings is 2. The first kappa shape index (κ1) is 15.1. The molecule has 0 spiro atoms. The molecular formula is C17H17ClN2O. The van der Waals surface area contributed by atoms with Crippen LogP contribution in [0.3, 0.4) is 0 Å². The van der Waals surface area contributed by atoms with Crippen molar-refractivity contribution in [3.63, 3.8) is 0 Å². The van der Waals surface area contributed by atoms with Gasteiger partial charge in [0.2, 0.25) is 0 Å². The third kappa shape index (κ3) is 4.65. The zero-order valence-electron chi connectivity index (χ0n) is 11.6. The maximum atomic E-state index is 11.7. The summed E-state index contributed by atoms with van der Waals surface area (Å²) in [7, 11) is 0. The molecule has 2 N–H and O–H groups in total. The summed E-state index contributed by atoms with van der Waals surface area (Å²) in [5, 5.41) is 6.76. The Kier molecular flexibility index (Phi) is 5.41. The van der Waals surface area contributed by atoms with E-state index in [9.17, 15) is 4.79 Å². The molecule has 4 heteroatoms. The van der Waals surface area contributed by atoms with Crippen LogP contribution in [0.25, 0.3) is 0 Å². The summed E-state index contributed by atoms with van der Waals surface area (Å²) in [5.74, 6) is -0.101. The number of hydrogen-bond acceptors (Lipinski definition) is 2. The lowest BCUT2D eigenvalue weighted by Crippen LogP contribution is -2.23.